The third kappa shape index (κ3) is 3.62. The molecule has 112 valence electrons. The Morgan fingerprint density at radius 1 is 1.43 bits per heavy atom. The van der Waals surface area contributed by atoms with Crippen molar-refractivity contribution in [2.24, 2.45) is 11.3 Å². The van der Waals surface area contributed by atoms with Crippen LogP contribution in [-0.2, 0) is 9.59 Å². The highest BCUT2D eigenvalue weighted by molar-refractivity contribution is 5.96. The molecular weight excluding hydrogens is 270 g/mol. The second-order valence-corrected chi connectivity index (χ2v) is 5.87. The lowest BCUT2D eigenvalue weighted by atomic mass is 10.1. The zero-order valence-corrected chi connectivity index (χ0v) is 12.3. The predicted molar refractivity (Wildman–Crippen MR) is 80.2 cm³/mol. The minimum Gasteiger partial charge on any atom is -0.495 e. The summed E-state index contributed by atoms with van der Waals surface area (Å²) < 4.78 is 5.22. The molecule has 21 heavy (non-hydrogen) atoms. The van der Waals surface area contributed by atoms with E-state index in [1.165, 1.54) is 13.2 Å². The molecule has 2 rings (SSSR count). The van der Waals surface area contributed by atoms with Crippen molar-refractivity contribution in [3.63, 3.8) is 0 Å². The fourth-order valence-corrected chi connectivity index (χ4v) is 2.23. The van der Waals surface area contributed by atoms with Crippen LogP contribution in [0.5, 0.6) is 5.75 Å². The average Bonchev–Trinajstić information content (AvgIpc) is 3.06. The van der Waals surface area contributed by atoms with Crippen molar-refractivity contribution in [3.8, 4) is 5.75 Å². The standard InChI is InChI=1S/C16H19NO4/c1-16(2)9-11(16)15(20)17-12-8-10(5-7-14(18)19)4-6-13(12)21-3/h4-8,11H,9H2,1-3H3,(H,17,20)(H,18,19)/b7-5+. The molecule has 0 aliphatic heterocycles. The molecule has 5 heteroatoms. The van der Waals surface area contributed by atoms with Gasteiger partial charge in [0.05, 0.1) is 12.8 Å². The Balaban J connectivity index is 2.18. The van der Waals surface area contributed by atoms with Crippen molar-refractivity contribution in [2.45, 2.75) is 20.3 Å². The SMILES string of the molecule is COc1ccc(/C=C/C(=O)O)cc1NC(=O)C1CC1(C)C. The van der Waals surface area contributed by atoms with Gasteiger partial charge in [-0.05, 0) is 35.6 Å². The molecule has 2 N–H and O–H groups in total. The van der Waals surface area contributed by atoms with Crippen molar-refractivity contribution in [2.75, 3.05) is 12.4 Å². The van der Waals surface area contributed by atoms with Crippen LogP contribution in [-0.4, -0.2) is 24.1 Å². The maximum atomic E-state index is 12.2. The van der Waals surface area contributed by atoms with Gasteiger partial charge in [-0.15, -0.1) is 0 Å². The zero-order valence-electron chi connectivity index (χ0n) is 12.3. The summed E-state index contributed by atoms with van der Waals surface area (Å²) in [4.78, 5) is 22.7. The Hall–Kier alpha value is -2.30. The molecule has 0 saturated heterocycles. The monoisotopic (exact) mass is 289 g/mol. The molecule has 5 nitrogen and oxygen atoms in total. The molecule has 0 spiro atoms. The molecule has 1 aliphatic rings. The Kier molecular flexibility index (Phi) is 4.02. The Bertz CT molecular complexity index is 604. The van der Waals surface area contributed by atoms with Crippen LogP contribution >= 0.6 is 0 Å². The van der Waals surface area contributed by atoms with E-state index < -0.39 is 5.97 Å². The minimum atomic E-state index is -1.02. The van der Waals surface area contributed by atoms with E-state index >= 15 is 0 Å². The highest BCUT2D eigenvalue weighted by Crippen LogP contribution is 2.52. The first-order valence-corrected chi connectivity index (χ1v) is 6.73. The quantitative estimate of drug-likeness (QED) is 0.817. The van der Waals surface area contributed by atoms with E-state index in [1.807, 2.05) is 0 Å². The first-order chi connectivity index (χ1) is 9.83. The normalized spacial score (nSPS) is 19.3. The van der Waals surface area contributed by atoms with E-state index in [4.69, 9.17) is 9.84 Å². The van der Waals surface area contributed by atoms with Crippen LogP contribution in [0.2, 0.25) is 0 Å². The van der Waals surface area contributed by atoms with E-state index in [9.17, 15) is 9.59 Å². The van der Waals surface area contributed by atoms with E-state index in [0.29, 0.717) is 17.0 Å². The minimum absolute atomic E-state index is 0.0143. The number of amides is 1. The fraction of sp³-hybridized carbons (Fsp3) is 0.375. The molecule has 1 aromatic carbocycles. The van der Waals surface area contributed by atoms with Gasteiger partial charge >= 0.3 is 5.97 Å². The first-order valence-electron chi connectivity index (χ1n) is 6.73. The van der Waals surface area contributed by atoms with E-state index in [1.54, 1.807) is 18.2 Å². The van der Waals surface area contributed by atoms with Crippen molar-refractivity contribution >= 4 is 23.6 Å². The van der Waals surface area contributed by atoms with Gasteiger partial charge in [-0.3, -0.25) is 4.79 Å². The van der Waals surface area contributed by atoms with Gasteiger partial charge < -0.3 is 15.2 Å². The maximum absolute atomic E-state index is 12.2. The molecule has 0 radical (unpaired) electrons. The molecule has 1 unspecified atom stereocenters. The Morgan fingerprint density at radius 3 is 2.62 bits per heavy atom. The number of hydrogen-bond acceptors (Lipinski definition) is 3. The van der Waals surface area contributed by atoms with Gasteiger partial charge in [-0.25, -0.2) is 4.79 Å². The van der Waals surface area contributed by atoms with Gasteiger partial charge in [0, 0.05) is 12.0 Å². The molecule has 0 heterocycles. The summed E-state index contributed by atoms with van der Waals surface area (Å²) in [5, 5.41) is 11.5. The van der Waals surface area contributed by atoms with Crippen LogP contribution in [0, 0.1) is 11.3 Å². The molecule has 1 atom stereocenters. The predicted octanol–water partition coefficient (Wildman–Crippen LogP) is 2.78. The molecule has 1 amide bonds. The topological polar surface area (TPSA) is 75.6 Å². The number of nitrogens with one attached hydrogen (secondary N) is 1. The van der Waals surface area contributed by atoms with Crippen molar-refractivity contribution in [3.05, 3.63) is 29.8 Å². The number of hydrogen-bond donors (Lipinski definition) is 2. The number of aliphatic carboxylic acids is 1. The van der Waals surface area contributed by atoms with E-state index in [2.05, 4.69) is 19.2 Å². The smallest absolute Gasteiger partial charge is 0.328 e. The van der Waals surface area contributed by atoms with Gasteiger partial charge in [0.1, 0.15) is 5.75 Å². The number of carbonyl (C=O) groups is 2. The van der Waals surface area contributed by atoms with Crippen LogP contribution in [0.3, 0.4) is 0 Å². The van der Waals surface area contributed by atoms with Crippen LogP contribution < -0.4 is 10.1 Å². The number of anilines is 1. The highest BCUT2D eigenvalue weighted by Gasteiger charge is 2.50. The first kappa shape index (κ1) is 15.1. The number of carbonyl (C=O) groups excluding carboxylic acids is 1. The summed E-state index contributed by atoms with van der Waals surface area (Å²) in [6, 6.07) is 5.13. The van der Waals surface area contributed by atoms with Crippen LogP contribution in [0.4, 0.5) is 5.69 Å². The maximum Gasteiger partial charge on any atom is 0.328 e. The van der Waals surface area contributed by atoms with Crippen molar-refractivity contribution in [1.82, 2.24) is 0 Å². The van der Waals surface area contributed by atoms with Crippen molar-refractivity contribution in [1.29, 1.82) is 0 Å². The Labute approximate surface area is 123 Å². The van der Waals surface area contributed by atoms with Crippen LogP contribution in [0.25, 0.3) is 6.08 Å². The summed E-state index contributed by atoms with van der Waals surface area (Å²) >= 11 is 0. The lowest BCUT2D eigenvalue weighted by Gasteiger charge is -2.11. The lowest BCUT2D eigenvalue weighted by Crippen LogP contribution is -2.17. The number of carboxylic acid groups (broad SMARTS) is 1. The van der Waals surface area contributed by atoms with Gasteiger partial charge in [0.15, 0.2) is 0 Å². The Morgan fingerprint density at radius 2 is 2.10 bits per heavy atom. The summed E-state index contributed by atoms with van der Waals surface area (Å²) in [6.45, 7) is 4.11. The second kappa shape index (κ2) is 5.60. The molecule has 1 aliphatic carbocycles. The number of rotatable bonds is 5. The summed E-state index contributed by atoms with van der Waals surface area (Å²) in [5.74, 6) is -0.483. The van der Waals surface area contributed by atoms with Gasteiger partial charge in [-0.2, -0.15) is 0 Å². The van der Waals surface area contributed by atoms with Gasteiger partial charge in [-0.1, -0.05) is 19.9 Å². The highest BCUT2D eigenvalue weighted by atomic mass is 16.5. The molecular formula is C16H19NO4. The third-order valence-electron chi connectivity index (χ3n) is 3.73. The number of carboxylic acids is 1. The average molecular weight is 289 g/mol. The lowest BCUT2D eigenvalue weighted by molar-refractivity contribution is -0.131. The zero-order chi connectivity index (χ0) is 15.6. The van der Waals surface area contributed by atoms with Gasteiger partial charge in [0.25, 0.3) is 0 Å². The molecule has 1 saturated carbocycles. The molecule has 1 aromatic rings. The van der Waals surface area contributed by atoms with Crippen LogP contribution in [0.15, 0.2) is 24.3 Å². The number of ether oxygens (including phenoxy) is 1. The number of methoxy groups -OCH3 is 1. The molecule has 0 aromatic heterocycles. The second-order valence-electron chi connectivity index (χ2n) is 5.87. The van der Waals surface area contributed by atoms with Crippen LogP contribution in [0.1, 0.15) is 25.8 Å². The third-order valence-corrected chi connectivity index (χ3v) is 3.73. The van der Waals surface area contributed by atoms with E-state index in [0.717, 1.165) is 12.5 Å². The number of benzene rings is 1. The molecule has 0 bridgehead atoms. The summed E-state index contributed by atoms with van der Waals surface area (Å²) in [7, 11) is 1.53. The fourth-order valence-electron chi connectivity index (χ4n) is 2.23. The van der Waals surface area contributed by atoms with Gasteiger partial charge in [0.2, 0.25) is 5.91 Å². The summed E-state index contributed by atoms with van der Waals surface area (Å²) in [5.41, 5.74) is 1.29. The van der Waals surface area contributed by atoms with Crippen molar-refractivity contribution < 1.29 is 19.4 Å². The molecule has 1 fully saturated rings. The van der Waals surface area contributed by atoms with E-state index in [-0.39, 0.29) is 17.2 Å². The summed E-state index contributed by atoms with van der Waals surface area (Å²) in [6.07, 6.45) is 3.40. The largest absolute Gasteiger partial charge is 0.495 e.